The number of aromatic nitrogens is 2. The molecule has 152 valence electrons. The van der Waals surface area contributed by atoms with Gasteiger partial charge in [0.15, 0.2) is 6.61 Å². The van der Waals surface area contributed by atoms with E-state index in [9.17, 15) is 22.8 Å². The van der Waals surface area contributed by atoms with E-state index < -0.39 is 30.8 Å². The SMILES string of the molecule is Cc1nn(CC(=O)Nc2cc(Cl)ccc2OCC(F)(F)F)c(=O)c2ccccc12. The summed E-state index contributed by atoms with van der Waals surface area (Å²) in [5.41, 5.74) is 0.0586. The Hall–Kier alpha value is -3.07. The van der Waals surface area contributed by atoms with Gasteiger partial charge in [0.05, 0.1) is 16.8 Å². The molecular formula is C19H15ClF3N3O3. The molecule has 0 unspecified atom stereocenters. The predicted octanol–water partition coefficient (Wildman–Crippen LogP) is 3.94. The molecule has 0 radical (unpaired) electrons. The number of rotatable bonds is 5. The highest BCUT2D eigenvalue weighted by molar-refractivity contribution is 6.31. The molecule has 0 spiro atoms. The van der Waals surface area contributed by atoms with Crippen LogP contribution in [-0.2, 0) is 11.3 Å². The molecule has 3 rings (SSSR count). The van der Waals surface area contributed by atoms with Crippen molar-refractivity contribution in [3.63, 3.8) is 0 Å². The van der Waals surface area contributed by atoms with Crippen LogP contribution < -0.4 is 15.6 Å². The third-order valence-electron chi connectivity index (χ3n) is 3.95. The molecule has 0 bridgehead atoms. The van der Waals surface area contributed by atoms with Crippen LogP contribution in [0.4, 0.5) is 18.9 Å². The lowest BCUT2D eigenvalue weighted by atomic mass is 10.1. The summed E-state index contributed by atoms with van der Waals surface area (Å²) in [4.78, 5) is 25.0. The summed E-state index contributed by atoms with van der Waals surface area (Å²) in [5, 5.41) is 7.82. The minimum atomic E-state index is -4.54. The van der Waals surface area contributed by atoms with Crippen LogP contribution in [0.2, 0.25) is 5.02 Å². The van der Waals surface area contributed by atoms with Crippen LogP contribution in [0.1, 0.15) is 5.69 Å². The first-order chi connectivity index (χ1) is 13.6. The van der Waals surface area contributed by atoms with Gasteiger partial charge in [-0.2, -0.15) is 18.3 Å². The van der Waals surface area contributed by atoms with Gasteiger partial charge in [0.25, 0.3) is 5.56 Å². The molecule has 29 heavy (non-hydrogen) atoms. The molecule has 3 aromatic rings. The Labute approximate surface area is 167 Å². The van der Waals surface area contributed by atoms with E-state index in [1.807, 2.05) is 0 Å². The number of ether oxygens (including phenoxy) is 1. The smallest absolute Gasteiger partial charge is 0.422 e. The largest absolute Gasteiger partial charge is 0.482 e. The van der Waals surface area contributed by atoms with Gasteiger partial charge in [0.2, 0.25) is 5.91 Å². The van der Waals surface area contributed by atoms with Crippen LogP contribution in [-0.4, -0.2) is 28.5 Å². The number of nitrogens with one attached hydrogen (secondary N) is 1. The summed E-state index contributed by atoms with van der Waals surface area (Å²) >= 11 is 5.87. The van der Waals surface area contributed by atoms with E-state index in [0.717, 1.165) is 4.68 Å². The third kappa shape index (κ3) is 5.05. The number of anilines is 1. The van der Waals surface area contributed by atoms with Gasteiger partial charge in [-0.15, -0.1) is 0 Å². The minimum absolute atomic E-state index is 0.0442. The molecule has 0 fully saturated rings. The maximum Gasteiger partial charge on any atom is 0.422 e. The second-order valence-electron chi connectivity index (χ2n) is 6.19. The number of carbonyl (C=O) groups excluding carboxylic acids is 1. The van der Waals surface area contributed by atoms with E-state index in [4.69, 9.17) is 16.3 Å². The fourth-order valence-electron chi connectivity index (χ4n) is 2.72. The van der Waals surface area contributed by atoms with Crippen molar-refractivity contribution < 1.29 is 22.7 Å². The number of fused-ring (bicyclic) bond motifs is 1. The van der Waals surface area contributed by atoms with Gasteiger partial charge >= 0.3 is 6.18 Å². The molecule has 1 N–H and O–H groups in total. The van der Waals surface area contributed by atoms with Gasteiger partial charge < -0.3 is 10.1 Å². The Morgan fingerprint density at radius 3 is 2.59 bits per heavy atom. The zero-order valence-corrected chi connectivity index (χ0v) is 15.8. The number of alkyl halides is 3. The molecule has 10 heteroatoms. The van der Waals surface area contributed by atoms with Crippen molar-refractivity contribution in [2.24, 2.45) is 0 Å². The minimum Gasteiger partial charge on any atom is -0.482 e. The van der Waals surface area contributed by atoms with E-state index >= 15 is 0 Å². The fraction of sp³-hybridized carbons (Fsp3) is 0.211. The molecule has 1 heterocycles. The molecule has 0 saturated heterocycles. The van der Waals surface area contributed by atoms with Gasteiger partial charge in [-0.3, -0.25) is 9.59 Å². The van der Waals surface area contributed by atoms with E-state index in [-0.39, 0.29) is 16.5 Å². The van der Waals surface area contributed by atoms with Crippen LogP contribution in [0, 0.1) is 6.92 Å². The third-order valence-corrected chi connectivity index (χ3v) is 4.19. The topological polar surface area (TPSA) is 73.2 Å². The fourth-order valence-corrected chi connectivity index (χ4v) is 2.89. The van der Waals surface area contributed by atoms with E-state index in [2.05, 4.69) is 10.4 Å². The van der Waals surface area contributed by atoms with Crippen LogP contribution in [0.25, 0.3) is 10.8 Å². The standard InChI is InChI=1S/C19H15ClF3N3O3/c1-11-13-4-2-3-5-14(13)18(28)26(25-11)9-17(27)24-15-8-12(20)6-7-16(15)29-10-19(21,22)23/h2-8H,9-10H2,1H3,(H,24,27). The highest BCUT2D eigenvalue weighted by Crippen LogP contribution is 2.29. The van der Waals surface area contributed by atoms with Crippen molar-refractivity contribution in [3.8, 4) is 5.75 Å². The van der Waals surface area contributed by atoms with E-state index in [0.29, 0.717) is 16.5 Å². The Morgan fingerprint density at radius 2 is 1.90 bits per heavy atom. The second-order valence-corrected chi connectivity index (χ2v) is 6.62. The summed E-state index contributed by atoms with van der Waals surface area (Å²) in [6, 6.07) is 10.7. The van der Waals surface area contributed by atoms with Crippen molar-refractivity contribution in [2.45, 2.75) is 19.6 Å². The molecule has 0 saturated carbocycles. The summed E-state index contributed by atoms with van der Waals surface area (Å²) in [7, 11) is 0. The number of hydrogen-bond donors (Lipinski definition) is 1. The van der Waals surface area contributed by atoms with E-state index in [1.54, 1.807) is 31.2 Å². The van der Waals surface area contributed by atoms with Crippen LogP contribution in [0.5, 0.6) is 5.75 Å². The zero-order chi connectivity index (χ0) is 21.2. The molecule has 0 aliphatic carbocycles. The molecule has 1 aromatic heterocycles. The second kappa shape index (κ2) is 8.12. The molecule has 0 aliphatic rings. The molecule has 2 aromatic carbocycles. The van der Waals surface area contributed by atoms with Crippen molar-refractivity contribution in [3.05, 3.63) is 63.5 Å². The number of nitrogens with zero attached hydrogens (tertiary/aromatic N) is 2. The van der Waals surface area contributed by atoms with Gasteiger partial charge in [-0.1, -0.05) is 29.8 Å². The zero-order valence-electron chi connectivity index (χ0n) is 15.1. The lowest BCUT2D eigenvalue weighted by Gasteiger charge is -2.15. The van der Waals surface area contributed by atoms with Crippen molar-refractivity contribution in [1.82, 2.24) is 9.78 Å². The van der Waals surface area contributed by atoms with E-state index in [1.165, 1.54) is 18.2 Å². The van der Waals surface area contributed by atoms with Crippen molar-refractivity contribution in [2.75, 3.05) is 11.9 Å². The van der Waals surface area contributed by atoms with Gasteiger partial charge in [0, 0.05) is 10.4 Å². The highest BCUT2D eigenvalue weighted by Gasteiger charge is 2.29. The quantitative estimate of drug-likeness (QED) is 0.672. The Bertz CT molecular complexity index is 1130. The number of aryl methyl sites for hydroxylation is 1. The molecule has 0 atom stereocenters. The highest BCUT2D eigenvalue weighted by atomic mass is 35.5. The summed E-state index contributed by atoms with van der Waals surface area (Å²) in [6.07, 6.45) is -4.54. The maximum atomic E-state index is 12.6. The Balaban J connectivity index is 1.83. The first-order valence-corrected chi connectivity index (χ1v) is 8.77. The average Bonchev–Trinajstić information content (AvgIpc) is 2.64. The lowest BCUT2D eigenvalue weighted by molar-refractivity contribution is -0.153. The maximum absolute atomic E-state index is 12.6. The monoisotopic (exact) mass is 425 g/mol. The summed E-state index contributed by atoms with van der Waals surface area (Å²) in [6.45, 7) is -0.256. The molecule has 1 amide bonds. The van der Waals surface area contributed by atoms with Gasteiger partial charge in [-0.05, 0) is 31.2 Å². The van der Waals surface area contributed by atoms with Crippen molar-refractivity contribution in [1.29, 1.82) is 0 Å². The predicted molar refractivity (Wildman–Crippen MR) is 102 cm³/mol. The lowest BCUT2D eigenvalue weighted by Crippen LogP contribution is -2.30. The number of carbonyl (C=O) groups is 1. The molecule has 0 aliphatic heterocycles. The van der Waals surface area contributed by atoms with Gasteiger partial charge in [0.1, 0.15) is 12.3 Å². The normalized spacial score (nSPS) is 11.5. The average molecular weight is 426 g/mol. The summed E-state index contributed by atoms with van der Waals surface area (Å²) in [5.74, 6) is -0.872. The number of hydrogen-bond acceptors (Lipinski definition) is 4. The Morgan fingerprint density at radius 1 is 1.21 bits per heavy atom. The number of amides is 1. The number of benzene rings is 2. The first kappa shape index (κ1) is 20.7. The van der Waals surface area contributed by atoms with Crippen LogP contribution in [0.15, 0.2) is 47.3 Å². The first-order valence-electron chi connectivity index (χ1n) is 8.39. The van der Waals surface area contributed by atoms with Gasteiger partial charge in [-0.25, -0.2) is 4.68 Å². The number of halogens is 4. The Kier molecular flexibility index (Phi) is 5.78. The van der Waals surface area contributed by atoms with Crippen molar-refractivity contribution >= 4 is 34.0 Å². The molecule has 6 nitrogen and oxygen atoms in total. The summed E-state index contributed by atoms with van der Waals surface area (Å²) < 4.78 is 43.0. The van der Waals surface area contributed by atoms with Crippen LogP contribution in [0.3, 0.4) is 0 Å². The molecular weight excluding hydrogens is 411 g/mol. The van der Waals surface area contributed by atoms with Crippen LogP contribution >= 0.6 is 11.6 Å².